The maximum absolute atomic E-state index is 14.2. The fourth-order valence-electron chi connectivity index (χ4n) is 5.66. The van der Waals surface area contributed by atoms with Crippen LogP contribution < -0.4 is 20.3 Å². The van der Waals surface area contributed by atoms with E-state index in [0.29, 0.717) is 74.8 Å². The first-order chi connectivity index (χ1) is 21.8. The van der Waals surface area contributed by atoms with Crippen LogP contribution in [-0.4, -0.2) is 78.8 Å². The van der Waals surface area contributed by atoms with Gasteiger partial charge < -0.3 is 20.3 Å². The molecule has 2 aromatic carbocycles. The Morgan fingerprint density at radius 2 is 1.62 bits per heavy atom. The number of hydrogen-bond donors (Lipinski definition) is 3. The summed E-state index contributed by atoms with van der Waals surface area (Å²) in [7, 11) is -3.78. The largest absolute Gasteiger partial charge is 0.378 e. The highest BCUT2D eigenvalue weighted by molar-refractivity contribution is 7.89. The number of carbonyl (C=O) groups excluding carboxylic acids is 1. The summed E-state index contributed by atoms with van der Waals surface area (Å²) in [5.41, 5.74) is 0.967. The van der Waals surface area contributed by atoms with E-state index in [1.165, 1.54) is 16.7 Å². The minimum atomic E-state index is -3.78. The van der Waals surface area contributed by atoms with Crippen molar-refractivity contribution in [3.8, 4) is 5.82 Å². The second-order valence-corrected chi connectivity index (χ2v) is 12.8. The third-order valence-corrected chi connectivity index (χ3v) is 9.34. The third kappa shape index (κ3) is 7.21. The van der Waals surface area contributed by atoms with Crippen molar-refractivity contribution < 1.29 is 26.7 Å². The Labute approximate surface area is 259 Å². The summed E-state index contributed by atoms with van der Waals surface area (Å²) in [6, 6.07) is 16.4. The second-order valence-electron chi connectivity index (χ2n) is 11.0. The second kappa shape index (κ2) is 13.4. The van der Waals surface area contributed by atoms with Gasteiger partial charge in [0.1, 0.15) is 11.6 Å². The van der Waals surface area contributed by atoms with E-state index in [-0.39, 0.29) is 29.3 Å². The highest BCUT2D eigenvalue weighted by Crippen LogP contribution is 2.30. The monoisotopic (exact) mass is 640 g/mol. The van der Waals surface area contributed by atoms with Gasteiger partial charge in [-0.1, -0.05) is 30.3 Å². The SMILES string of the molecule is O=C(CNS(=O)(=O)c1ccccc1)N[C@H]1CC[C@H](Nc2cc(-n3c(C(F)F)nc4ccccc43)nc(N3CCOCC3)n2)CC1. The number of halogens is 2. The number of rotatable bonds is 10. The van der Waals surface area contributed by atoms with E-state index in [9.17, 15) is 22.0 Å². The van der Waals surface area contributed by atoms with E-state index in [1.54, 1.807) is 48.5 Å². The van der Waals surface area contributed by atoms with Gasteiger partial charge in [-0.25, -0.2) is 26.9 Å². The van der Waals surface area contributed by atoms with Gasteiger partial charge in [-0.05, 0) is 49.9 Å². The van der Waals surface area contributed by atoms with Crippen LogP contribution in [0.5, 0.6) is 0 Å². The number of sulfonamides is 1. The minimum Gasteiger partial charge on any atom is -0.378 e. The standard InChI is InChI=1S/C30H34F2N8O4S/c31-28(32)29-36-23-8-4-5-9-24(23)40(29)26-18-25(37-30(38-26)39-14-16-44-17-15-39)34-20-10-12-21(13-11-20)35-27(41)19-33-45(42,43)22-6-2-1-3-7-22/h1-9,18,20-21,28,33H,10-17,19H2,(H,35,41)(H,34,37,38)/t20-,21-. The molecule has 1 saturated carbocycles. The van der Waals surface area contributed by atoms with Gasteiger partial charge in [0.2, 0.25) is 21.9 Å². The minimum absolute atomic E-state index is 0.0177. The quantitative estimate of drug-likeness (QED) is 0.238. The van der Waals surface area contributed by atoms with Crippen LogP contribution in [0.1, 0.15) is 37.9 Å². The predicted molar refractivity (Wildman–Crippen MR) is 164 cm³/mol. The molecule has 0 bridgehead atoms. The lowest BCUT2D eigenvalue weighted by Crippen LogP contribution is -2.44. The normalized spacial score (nSPS) is 19.1. The number of imidazole rings is 1. The van der Waals surface area contributed by atoms with Crippen molar-refractivity contribution in [3.63, 3.8) is 0 Å². The molecule has 3 N–H and O–H groups in total. The van der Waals surface area contributed by atoms with Gasteiger partial charge in [-0.2, -0.15) is 9.97 Å². The summed E-state index contributed by atoms with van der Waals surface area (Å²) >= 11 is 0. The highest BCUT2D eigenvalue weighted by atomic mass is 32.2. The highest BCUT2D eigenvalue weighted by Gasteiger charge is 2.26. The van der Waals surface area contributed by atoms with Crippen molar-refractivity contribution in [2.75, 3.05) is 43.1 Å². The number of alkyl halides is 2. The molecule has 12 nitrogen and oxygen atoms in total. The maximum atomic E-state index is 14.2. The number of aromatic nitrogens is 4. The van der Waals surface area contributed by atoms with Gasteiger partial charge in [0.15, 0.2) is 5.82 Å². The molecule has 45 heavy (non-hydrogen) atoms. The number of hydrogen-bond acceptors (Lipinski definition) is 9. The number of morpholine rings is 1. The van der Waals surface area contributed by atoms with Gasteiger partial charge in [0, 0.05) is 31.2 Å². The van der Waals surface area contributed by atoms with Crippen molar-refractivity contribution >= 4 is 38.7 Å². The molecule has 4 aromatic rings. The Bertz CT molecular complexity index is 1740. The van der Waals surface area contributed by atoms with Crippen LogP contribution in [0.15, 0.2) is 65.6 Å². The van der Waals surface area contributed by atoms with Crippen molar-refractivity contribution in [3.05, 3.63) is 66.5 Å². The molecule has 6 rings (SSSR count). The molecular weight excluding hydrogens is 606 g/mol. The van der Waals surface area contributed by atoms with Crippen LogP contribution in [0.25, 0.3) is 16.9 Å². The number of ether oxygens (including phenoxy) is 1. The number of nitrogens with one attached hydrogen (secondary N) is 3. The lowest BCUT2D eigenvalue weighted by molar-refractivity contribution is -0.120. The van der Waals surface area contributed by atoms with Crippen LogP contribution in [0.2, 0.25) is 0 Å². The maximum Gasteiger partial charge on any atom is 0.296 e. The fraction of sp³-hybridized carbons (Fsp3) is 0.400. The summed E-state index contributed by atoms with van der Waals surface area (Å²) in [5.74, 6) is 0.411. The van der Waals surface area contributed by atoms with Gasteiger partial charge in [-0.15, -0.1) is 0 Å². The van der Waals surface area contributed by atoms with Crippen LogP contribution in [-0.2, 0) is 19.6 Å². The molecule has 3 heterocycles. The van der Waals surface area contributed by atoms with Crippen LogP contribution >= 0.6 is 0 Å². The molecule has 1 aliphatic heterocycles. The molecule has 1 aliphatic carbocycles. The summed E-state index contributed by atoms with van der Waals surface area (Å²) in [5, 5.41) is 6.38. The Hall–Kier alpha value is -4.21. The van der Waals surface area contributed by atoms with Crippen molar-refractivity contribution in [2.45, 2.75) is 49.1 Å². The van der Waals surface area contributed by atoms with Crippen molar-refractivity contribution in [1.29, 1.82) is 0 Å². The fourth-order valence-corrected chi connectivity index (χ4v) is 6.66. The summed E-state index contributed by atoms with van der Waals surface area (Å²) in [6.07, 6.45) is -0.0446. The lowest BCUT2D eigenvalue weighted by Gasteiger charge is -2.31. The number of nitrogens with zero attached hydrogens (tertiary/aromatic N) is 5. The molecular formula is C30H34F2N8O4S. The summed E-state index contributed by atoms with van der Waals surface area (Å²) < 4.78 is 62.4. The zero-order valence-electron chi connectivity index (χ0n) is 24.4. The Balaban J connectivity index is 1.14. The molecule has 0 atom stereocenters. The first kappa shape index (κ1) is 30.8. The van der Waals surface area contributed by atoms with Crippen LogP contribution in [0.3, 0.4) is 0 Å². The van der Waals surface area contributed by atoms with Crippen molar-refractivity contribution in [1.82, 2.24) is 29.6 Å². The zero-order chi connectivity index (χ0) is 31.4. The number of amides is 1. The van der Waals surface area contributed by atoms with Gasteiger partial charge in [0.05, 0.1) is 35.7 Å². The number of fused-ring (bicyclic) bond motifs is 1. The molecule has 2 aliphatic rings. The van der Waals surface area contributed by atoms with E-state index < -0.39 is 28.2 Å². The van der Waals surface area contributed by atoms with E-state index in [1.807, 2.05) is 4.90 Å². The number of carbonyl (C=O) groups is 1. The Morgan fingerprint density at radius 1 is 0.933 bits per heavy atom. The topological polar surface area (TPSA) is 143 Å². The molecule has 0 unspecified atom stereocenters. The predicted octanol–water partition coefficient (Wildman–Crippen LogP) is 3.41. The van der Waals surface area contributed by atoms with E-state index in [4.69, 9.17) is 14.7 Å². The molecule has 0 radical (unpaired) electrons. The van der Waals surface area contributed by atoms with Gasteiger partial charge in [0.25, 0.3) is 6.43 Å². The first-order valence-electron chi connectivity index (χ1n) is 14.8. The van der Waals surface area contributed by atoms with E-state index >= 15 is 0 Å². The number of anilines is 2. The number of para-hydroxylation sites is 2. The van der Waals surface area contributed by atoms with Crippen LogP contribution in [0, 0.1) is 0 Å². The molecule has 1 saturated heterocycles. The summed E-state index contributed by atoms with van der Waals surface area (Å²) in [6.45, 7) is 1.81. The molecule has 2 fully saturated rings. The third-order valence-electron chi connectivity index (χ3n) is 7.93. The molecule has 15 heteroatoms. The average Bonchev–Trinajstić information content (AvgIpc) is 3.46. The average molecular weight is 641 g/mol. The van der Waals surface area contributed by atoms with Crippen molar-refractivity contribution in [2.24, 2.45) is 0 Å². The van der Waals surface area contributed by atoms with E-state index in [2.05, 4.69) is 20.3 Å². The molecule has 0 spiro atoms. The first-order valence-corrected chi connectivity index (χ1v) is 16.3. The Morgan fingerprint density at radius 3 is 2.36 bits per heavy atom. The lowest BCUT2D eigenvalue weighted by atomic mass is 9.91. The Kier molecular flexibility index (Phi) is 9.19. The molecule has 238 valence electrons. The zero-order valence-corrected chi connectivity index (χ0v) is 25.2. The smallest absolute Gasteiger partial charge is 0.296 e. The summed E-state index contributed by atoms with van der Waals surface area (Å²) in [4.78, 5) is 28.2. The van der Waals surface area contributed by atoms with Gasteiger partial charge >= 0.3 is 0 Å². The van der Waals surface area contributed by atoms with E-state index in [0.717, 1.165) is 0 Å². The number of benzene rings is 2. The van der Waals surface area contributed by atoms with Crippen LogP contribution in [0.4, 0.5) is 20.5 Å². The molecule has 2 aromatic heterocycles. The van der Waals surface area contributed by atoms with Gasteiger partial charge in [-0.3, -0.25) is 9.36 Å². The molecule has 1 amide bonds.